The first-order valence-corrected chi connectivity index (χ1v) is 9.44. The smallest absolute Gasteiger partial charge is 0.230 e. The molecule has 0 unspecified atom stereocenters. The lowest BCUT2D eigenvalue weighted by atomic mass is 10.0. The molecule has 26 heavy (non-hydrogen) atoms. The number of hydrogen-bond donors (Lipinski definition) is 1. The second-order valence-electron chi connectivity index (χ2n) is 6.81. The van der Waals surface area contributed by atoms with Crippen molar-refractivity contribution in [2.24, 2.45) is 0 Å². The van der Waals surface area contributed by atoms with Crippen molar-refractivity contribution in [3.63, 3.8) is 0 Å². The molecule has 2 aromatic heterocycles. The molecule has 1 aromatic carbocycles. The highest BCUT2D eigenvalue weighted by Crippen LogP contribution is 2.40. The van der Waals surface area contributed by atoms with E-state index in [1.54, 1.807) is 13.0 Å². The molecular formula is C18H21FN4O2S. The van der Waals surface area contributed by atoms with Crippen LogP contribution in [0.1, 0.15) is 36.2 Å². The quantitative estimate of drug-likeness (QED) is 0.761. The first kappa shape index (κ1) is 17.4. The fourth-order valence-corrected chi connectivity index (χ4v) is 4.82. The van der Waals surface area contributed by atoms with E-state index in [1.807, 2.05) is 19.9 Å². The number of halogens is 1. The Balaban J connectivity index is 1.84. The highest BCUT2D eigenvalue weighted by atomic mass is 32.1. The Morgan fingerprint density at radius 2 is 2.04 bits per heavy atom. The monoisotopic (exact) mass is 376 g/mol. The number of aromatic nitrogens is 3. The summed E-state index contributed by atoms with van der Waals surface area (Å²) in [5, 5.41) is 15.0. The van der Waals surface area contributed by atoms with Gasteiger partial charge in [-0.3, -0.25) is 4.90 Å². The molecule has 0 saturated carbocycles. The largest absolute Gasteiger partial charge is 0.492 e. The van der Waals surface area contributed by atoms with Gasteiger partial charge in [0.05, 0.1) is 23.1 Å². The summed E-state index contributed by atoms with van der Waals surface area (Å²) in [4.78, 5) is 7.93. The van der Waals surface area contributed by atoms with Crippen LogP contribution >= 0.6 is 11.3 Å². The SMILES string of the molecule is Cc1nc2sc([C@@H](c3cccc(F)c3)N3C[C@@H](C)O[C@@H](C)C3)c(O)n2n1. The Bertz CT molecular complexity index is 931. The lowest BCUT2D eigenvalue weighted by molar-refractivity contribution is -0.0764. The highest BCUT2D eigenvalue weighted by Gasteiger charge is 2.34. The third-order valence-corrected chi connectivity index (χ3v) is 5.60. The van der Waals surface area contributed by atoms with Crippen LogP contribution in [0.25, 0.3) is 4.96 Å². The van der Waals surface area contributed by atoms with Crippen molar-refractivity contribution in [2.45, 2.75) is 39.0 Å². The molecule has 0 spiro atoms. The second-order valence-corrected chi connectivity index (χ2v) is 7.82. The predicted octanol–water partition coefficient (Wildman–Crippen LogP) is 3.14. The third-order valence-electron chi connectivity index (χ3n) is 4.53. The molecular weight excluding hydrogens is 355 g/mol. The van der Waals surface area contributed by atoms with Crippen molar-refractivity contribution in [3.8, 4) is 5.88 Å². The summed E-state index contributed by atoms with van der Waals surface area (Å²) >= 11 is 1.38. The first-order valence-electron chi connectivity index (χ1n) is 8.62. The summed E-state index contributed by atoms with van der Waals surface area (Å²) < 4.78 is 21.2. The van der Waals surface area contributed by atoms with Gasteiger partial charge in [0.15, 0.2) is 0 Å². The minimum atomic E-state index is -0.295. The maximum absolute atomic E-state index is 13.9. The van der Waals surface area contributed by atoms with E-state index in [2.05, 4.69) is 15.0 Å². The zero-order valence-corrected chi connectivity index (χ0v) is 15.7. The summed E-state index contributed by atoms with van der Waals surface area (Å²) in [5.74, 6) is 0.373. The fraction of sp³-hybridized carbons (Fsp3) is 0.444. The van der Waals surface area contributed by atoms with Crippen LogP contribution in [-0.4, -0.2) is 49.9 Å². The van der Waals surface area contributed by atoms with Gasteiger partial charge in [0.25, 0.3) is 0 Å². The zero-order valence-electron chi connectivity index (χ0n) is 14.9. The molecule has 1 N–H and O–H groups in total. The van der Waals surface area contributed by atoms with Crippen LogP contribution in [-0.2, 0) is 4.74 Å². The number of rotatable bonds is 3. The molecule has 3 aromatic rings. The Kier molecular flexibility index (Phi) is 4.42. The Labute approximate surface area is 154 Å². The van der Waals surface area contributed by atoms with Gasteiger partial charge in [0, 0.05) is 13.1 Å². The number of hydrogen-bond acceptors (Lipinski definition) is 6. The van der Waals surface area contributed by atoms with Gasteiger partial charge in [-0.05, 0) is 38.5 Å². The Morgan fingerprint density at radius 3 is 2.69 bits per heavy atom. The second kappa shape index (κ2) is 6.61. The maximum atomic E-state index is 13.9. The van der Waals surface area contributed by atoms with Crippen LogP contribution in [0.4, 0.5) is 4.39 Å². The maximum Gasteiger partial charge on any atom is 0.230 e. The molecule has 3 heterocycles. The molecule has 138 valence electrons. The van der Waals surface area contributed by atoms with Crippen molar-refractivity contribution < 1.29 is 14.2 Å². The van der Waals surface area contributed by atoms with E-state index in [-0.39, 0.29) is 29.9 Å². The van der Waals surface area contributed by atoms with Gasteiger partial charge in [0.1, 0.15) is 11.6 Å². The minimum Gasteiger partial charge on any atom is -0.492 e. The summed E-state index contributed by atoms with van der Waals surface area (Å²) in [7, 11) is 0. The molecule has 6 nitrogen and oxygen atoms in total. The van der Waals surface area contributed by atoms with E-state index < -0.39 is 0 Å². The van der Waals surface area contributed by atoms with Crippen molar-refractivity contribution >= 4 is 16.3 Å². The average molecular weight is 376 g/mol. The van der Waals surface area contributed by atoms with Gasteiger partial charge in [-0.25, -0.2) is 9.37 Å². The molecule has 1 fully saturated rings. The van der Waals surface area contributed by atoms with E-state index in [0.29, 0.717) is 28.8 Å². The molecule has 3 atom stereocenters. The van der Waals surface area contributed by atoms with Gasteiger partial charge in [0.2, 0.25) is 10.8 Å². The predicted molar refractivity (Wildman–Crippen MR) is 97.1 cm³/mol. The molecule has 1 aliphatic heterocycles. The zero-order chi connectivity index (χ0) is 18.4. The van der Waals surface area contributed by atoms with E-state index in [4.69, 9.17) is 4.74 Å². The van der Waals surface area contributed by atoms with Crippen molar-refractivity contribution in [1.29, 1.82) is 0 Å². The molecule has 0 amide bonds. The number of morpholine rings is 1. The molecule has 0 bridgehead atoms. The van der Waals surface area contributed by atoms with Gasteiger partial charge >= 0.3 is 0 Å². The van der Waals surface area contributed by atoms with Crippen LogP contribution in [0.15, 0.2) is 24.3 Å². The summed E-state index contributed by atoms with van der Waals surface area (Å²) in [5.41, 5.74) is 0.794. The van der Waals surface area contributed by atoms with Gasteiger partial charge in [-0.2, -0.15) is 4.52 Å². The third kappa shape index (κ3) is 3.08. The average Bonchev–Trinajstić information content (AvgIpc) is 3.05. The molecule has 1 saturated heterocycles. The molecule has 0 radical (unpaired) electrons. The highest BCUT2D eigenvalue weighted by molar-refractivity contribution is 7.17. The van der Waals surface area contributed by atoms with Gasteiger partial charge in [-0.15, -0.1) is 5.10 Å². The Hall–Kier alpha value is -2.03. The van der Waals surface area contributed by atoms with E-state index in [1.165, 1.54) is 28.0 Å². The summed E-state index contributed by atoms with van der Waals surface area (Å²) in [6.45, 7) is 7.22. The number of benzene rings is 1. The summed E-state index contributed by atoms with van der Waals surface area (Å²) in [6, 6.07) is 6.25. The fourth-order valence-electron chi connectivity index (χ4n) is 3.66. The van der Waals surface area contributed by atoms with E-state index in [9.17, 15) is 9.50 Å². The molecule has 8 heteroatoms. The first-order chi connectivity index (χ1) is 12.4. The number of thiazole rings is 1. The van der Waals surface area contributed by atoms with Crippen LogP contribution in [0.5, 0.6) is 5.88 Å². The van der Waals surface area contributed by atoms with E-state index >= 15 is 0 Å². The normalized spacial score (nSPS) is 22.8. The number of fused-ring (bicyclic) bond motifs is 1. The van der Waals surface area contributed by atoms with Gasteiger partial charge in [-0.1, -0.05) is 23.5 Å². The topological polar surface area (TPSA) is 62.9 Å². The van der Waals surface area contributed by atoms with Crippen molar-refractivity contribution in [2.75, 3.05) is 13.1 Å². The van der Waals surface area contributed by atoms with Crippen LogP contribution in [0.2, 0.25) is 0 Å². The van der Waals surface area contributed by atoms with Crippen LogP contribution in [0, 0.1) is 12.7 Å². The minimum absolute atomic E-state index is 0.0568. The molecule has 1 aliphatic rings. The Morgan fingerprint density at radius 1 is 1.31 bits per heavy atom. The van der Waals surface area contributed by atoms with E-state index in [0.717, 1.165) is 5.56 Å². The van der Waals surface area contributed by atoms with Gasteiger partial charge < -0.3 is 9.84 Å². The molecule has 4 rings (SSSR count). The molecule has 0 aliphatic carbocycles. The van der Waals surface area contributed by atoms with Crippen LogP contribution < -0.4 is 0 Å². The van der Waals surface area contributed by atoms with Crippen molar-refractivity contribution in [1.82, 2.24) is 19.5 Å². The van der Waals surface area contributed by atoms with Crippen molar-refractivity contribution in [3.05, 3.63) is 46.3 Å². The lowest BCUT2D eigenvalue weighted by Gasteiger charge is -2.40. The summed E-state index contributed by atoms with van der Waals surface area (Å²) in [6.07, 6.45) is 0.114. The standard InChI is InChI=1S/C18H21FN4O2S/c1-10-8-22(9-11(2)25-10)15(13-5-4-6-14(19)7-13)16-17(24)23-18(26-16)20-12(3)21-23/h4-7,10-11,15,24H,8-9H2,1-3H3/t10-,11+,15-/m1/s1. The number of nitrogens with zero attached hydrogens (tertiary/aromatic N) is 4. The van der Waals surface area contributed by atoms with Crippen LogP contribution in [0.3, 0.4) is 0 Å². The number of aromatic hydroxyl groups is 1. The number of aryl methyl sites for hydroxylation is 1. The lowest BCUT2D eigenvalue weighted by Crippen LogP contribution is -2.47. The number of ether oxygens (including phenoxy) is 1.